The van der Waals surface area contributed by atoms with Crippen LogP contribution in [0.25, 0.3) is 0 Å². The number of hydrogen-bond donors (Lipinski definition) is 1. The SMILES string of the molecule is CC(C)(OO)C12CCC(CC1)C2. The van der Waals surface area contributed by atoms with Crippen LogP contribution >= 0.6 is 0 Å². The summed E-state index contributed by atoms with van der Waals surface area (Å²) in [5, 5.41) is 8.87. The summed E-state index contributed by atoms with van der Waals surface area (Å²) in [5.74, 6) is 0.916. The fourth-order valence-electron chi connectivity index (χ4n) is 3.14. The highest BCUT2D eigenvalue weighted by Crippen LogP contribution is 2.60. The average Bonchev–Trinajstić information content (AvgIpc) is 2.64. The van der Waals surface area contributed by atoms with Gasteiger partial charge in [0.15, 0.2) is 0 Å². The summed E-state index contributed by atoms with van der Waals surface area (Å²) in [5.41, 5.74) is -0.0509. The van der Waals surface area contributed by atoms with E-state index in [1.807, 2.05) is 13.8 Å². The van der Waals surface area contributed by atoms with E-state index >= 15 is 0 Å². The Balaban J connectivity index is 2.21. The van der Waals surface area contributed by atoms with E-state index in [4.69, 9.17) is 5.26 Å². The van der Waals surface area contributed by atoms with E-state index in [1.165, 1.54) is 32.1 Å². The molecule has 2 saturated carbocycles. The van der Waals surface area contributed by atoms with Crippen molar-refractivity contribution in [3.63, 3.8) is 0 Å². The Morgan fingerprint density at radius 2 is 1.92 bits per heavy atom. The van der Waals surface area contributed by atoms with Crippen LogP contribution in [0, 0.1) is 11.3 Å². The molecule has 12 heavy (non-hydrogen) atoms. The number of fused-ring (bicyclic) bond motifs is 2. The summed E-state index contributed by atoms with van der Waals surface area (Å²) >= 11 is 0. The van der Waals surface area contributed by atoms with Gasteiger partial charge in [0.2, 0.25) is 0 Å². The van der Waals surface area contributed by atoms with Crippen molar-refractivity contribution in [3.8, 4) is 0 Å². The first-order valence-corrected chi connectivity index (χ1v) is 4.92. The second-order valence-electron chi connectivity index (χ2n) is 5.03. The van der Waals surface area contributed by atoms with Crippen LogP contribution in [0.15, 0.2) is 0 Å². The van der Waals surface area contributed by atoms with Gasteiger partial charge in [0.1, 0.15) is 5.60 Å². The Morgan fingerprint density at radius 3 is 2.25 bits per heavy atom. The van der Waals surface area contributed by atoms with Gasteiger partial charge in [-0.1, -0.05) is 0 Å². The van der Waals surface area contributed by atoms with Crippen molar-refractivity contribution < 1.29 is 10.1 Å². The molecular formula is C10H18O2. The molecule has 0 saturated heterocycles. The molecule has 2 aliphatic carbocycles. The first-order valence-electron chi connectivity index (χ1n) is 4.92. The second-order valence-corrected chi connectivity index (χ2v) is 5.03. The molecule has 0 aromatic carbocycles. The molecule has 0 unspecified atom stereocenters. The van der Waals surface area contributed by atoms with Gasteiger partial charge >= 0.3 is 0 Å². The molecule has 0 spiro atoms. The zero-order valence-corrected chi connectivity index (χ0v) is 7.97. The predicted molar refractivity (Wildman–Crippen MR) is 46.8 cm³/mol. The summed E-state index contributed by atoms with van der Waals surface area (Å²) in [4.78, 5) is 4.64. The molecule has 0 amide bonds. The van der Waals surface area contributed by atoms with Crippen LogP contribution in [-0.4, -0.2) is 10.9 Å². The zero-order chi connectivity index (χ0) is 8.82. The second kappa shape index (κ2) is 2.46. The molecule has 2 nitrogen and oxygen atoms in total. The minimum Gasteiger partial charge on any atom is -0.251 e. The van der Waals surface area contributed by atoms with Gasteiger partial charge in [-0.2, -0.15) is 0 Å². The third-order valence-electron chi connectivity index (χ3n) is 4.25. The van der Waals surface area contributed by atoms with Crippen molar-refractivity contribution in [2.75, 3.05) is 0 Å². The Labute approximate surface area is 73.8 Å². The van der Waals surface area contributed by atoms with Crippen molar-refractivity contribution in [1.29, 1.82) is 0 Å². The third-order valence-corrected chi connectivity index (χ3v) is 4.25. The van der Waals surface area contributed by atoms with E-state index in [-0.39, 0.29) is 11.0 Å². The van der Waals surface area contributed by atoms with Gasteiger partial charge in [-0.15, -0.1) is 0 Å². The van der Waals surface area contributed by atoms with Crippen LogP contribution in [-0.2, 0) is 4.89 Å². The molecule has 2 fully saturated rings. The molecule has 2 aliphatic rings. The maximum atomic E-state index is 8.87. The molecule has 0 aromatic rings. The quantitative estimate of drug-likeness (QED) is 0.510. The molecule has 0 aliphatic heterocycles. The van der Waals surface area contributed by atoms with Gasteiger partial charge in [0, 0.05) is 5.41 Å². The molecule has 0 heterocycles. The highest BCUT2D eigenvalue weighted by atomic mass is 17.1. The molecule has 0 atom stereocenters. The molecular weight excluding hydrogens is 152 g/mol. The van der Waals surface area contributed by atoms with Crippen molar-refractivity contribution in [1.82, 2.24) is 0 Å². The van der Waals surface area contributed by atoms with Crippen LogP contribution in [0.2, 0.25) is 0 Å². The van der Waals surface area contributed by atoms with Crippen LogP contribution < -0.4 is 0 Å². The zero-order valence-electron chi connectivity index (χ0n) is 7.97. The summed E-state index contributed by atoms with van der Waals surface area (Å²) in [6.07, 6.45) is 6.43. The van der Waals surface area contributed by atoms with Gasteiger partial charge in [-0.25, -0.2) is 4.89 Å². The summed E-state index contributed by atoms with van der Waals surface area (Å²) in [6.45, 7) is 4.03. The van der Waals surface area contributed by atoms with Gasteiger partial charge in [0.05, 0.1) is 0 Å². The van der Waals surface area contributed by atoms with E-state index in [0.717, 1.165) is 5.92 Å². The maximum absolute atomic E-state index is 8.87. The first-order chi connectivity index (χ1) is 5.60. The van der Waals surface area contributed by atoms with Gasteiger partial charge < -0.3 is 0 Å². The fraction of sp³-hybridized carbons (Fsp3) is 1.00. The van der Waals surface area contributed by atoms with Gasteiger partial charge in [-0.3, -0.25) is 5.26 Å². The van der Waals surface area contributed by atoms with Crippen LogP contribution in [0.3, 0.4) is 0 Å². The van der Waals surface area contributed by atoms with E-state index in [9.17, 15) is 0 Å². The van der Waals surface area contributed by atoms with Crippen molar-refractivity contribution in [2.45, 2.75) is 51.6 Å². The van der Waals surface area contributed by atoms with E-state index in [1.54, 1.807) is 0 Å². The normalized spacial score (nSPS) is 40.8. The van der Waals surface area contributed by atoms with Crippen molar-refractivity contribution in [3.05, 3.63) is 0 Å². The molecule has 0 aromatic heterocycles. The fourth-order valence-corrected chi connectivity index (χ4v) is 3.14. The minimum absolute atomic E-state index is 0.284. The van der Waals surface area contributed by atoms with E-state index in [2.05, 4.69) is 4.89 Å². The van der Waals surface area contributed by atoms with Gasteiger partial charge in [-0.05, 0) is 51.9 Å². The molecule has 2 rings (SSSR count). The molecule has 0 radical (unpaired) electrons. The van der Waals surface area contributed by atoms with E-state index in [0.29, 0.717) is 0 Å². The third kappa shape index (κ3) is 0.944. The summed E-state index contributed by atoms with van der Waals surface area (Å²) in [6, 6.07) is 0. The Morgan fingerprint density at radius 1 is 1.33 bits per heavy atom. The Kier molecular flexibility index (Phi) is 1.74. The lowest BCUT2D eigenvalue weighted by molar-refractivity contribution is -0.342. The Hall–Kier alpha value is -0.0800. The largest absolute Gasteiger partial charge is 0.251 e. The lowest BCUT2D eigenvalue weighted by atomic mass is 9.71. The van der Waals surface area contributed by atoms with Crippen molar-refractivity contribution >= 4 is 0 Å². The molecule has 2 heteroatoms. The van der Waals surface area contributed by atoms with Gasteiger partial charge in [0.25, 0.3) is 0 Å². The molecule has 70 valence electrons. The van der Waals surface area contributed by atoms with Crippen LogP contribution in [0.5, 0.6) is 0 Å². The molecule has 1 N–H and O–H groups in total. The maximum Gasteiger partial charge on any atom is 0.103 e. The smallest absolute Gasteiger partial charge is 0.103 e. The predicted octanol–water partition coefficient (Wildman–Crippen LogP) is 2.83. The standard InChI is InChI=1S/C10H18O2/c1-9(2,12-11)10-5-3-8(7-10)4-6-10/h8,11H,3-7H2,1-2H3. The van der Waals surface area contributed by atoms with E-state index < -0.39 is 0 Å². The lowest BCUT2D eigenvalue weighted by Crippen LogP contribution is -2.42. The van der Waals surface area contributed by atoms with Crippen molar-refractivity contribution in [2.24, 2.45) is 11.3 Å². The summed E-state index contributed by atoms with van der Waals surface area (Å²) in [7, 11) is 0. The minimum atomic E-state index is -0.335. The lowest BCUT2D eigenvalue weighted by Gasteiger charge is -2.40. The average molecular weight is 170 g/mol. The monoisotopic (exact) mass is 170 g/mol. The Bertz CT molecular complexity index is 178. The number of rotatable bonds is 2. The van der Waals surface area contributed by atoms with Crippen LogP contribution in [0.4, 0.5) is 0 Å². The topological polar surface area (TPSA) is 29.5 Å². The van der Waals surface area contributed by atoms with Crippen LogP contribution in [0.1, 0.15) is 46.0 Å². The highest BCUT2D eigenvalue weighted by Gasteiger charge is 2.54. The highest BCUT2D eigenvalue weighted by molar-refractivity contribution is 5.04. The first kappa shape index (κ1) is 8.52. The molecule has 2 bridgehead atoms. The number of hydrogen-bond acceptors (Lipinski definition) is 2. The summed E-state index contributed by atoms with van der Waals surface area (Å²) < 4.78 is 0.